The molecule has 0 fully saturated rings. The third-order valence-corrected chi connectivity index (χ3v) is 8.72. The second-order valence-corrected chi connectivity index (χ2v) is 12.0. The Hall–Kier alpha value is -5.02. The van der Waals surface area contributed by atoms with E-state index in [2.05, 4.69) is 91.1 Å². The number of pyridine rings is 3. The van der Waals surface area contributed by atoms with Gasteiger partial charge in [-0.25, -0.2) is 0 Å². The van der Waals surface area contributed by atoms with Gasteiger partial charge in [0.15, 0.2) is 0 Å². The topological polar surface area (TPSA) is 29.7 Å². The van der Waals surface area contributed by atoms with E-state index in [0.717, 1.165) is 66.7 Å². The summed E-state index contributed by atoms with van der Waals surface area (Å²) >= 11 is 0. The van der Waals surface area contributed by atoms with Crippen LogP contribution < -0.4 is 4.57 Å². The van der Waals surface area contributed by atoms with E-state index in [1.807, 2.05) is 83.8 Å². The molecule has 4 heteroatoms. The van der Waals surface area contributed by atoms with Crippen molar-refractivity contribution >= 4 is 0 Å². The predicted molar refractivity (Wildman–Crippen MR) is 191 cm³/mol. The summed E-state index contributed by atoms with van der Waals surface area (Å²) < 4.78 is 1.99. The number of rotatable bonds is 12. The number of nitrogens with zero attached hydrogens (tertiary/aromatic N) is 3. The second kappa shape index (κ2) is 16.9. The summed E-state index contributed by atoms with van der Waals surface area (Å²) in [6.45, 7) is 0. The Morgan fingerprint density at radius 2 is 1.06 bits per heavy atom. The maximum absolute atomic E-state index is 4.75. The summed E-state index contributed by atoms with van der Waals surface area (Å²) in [5, 5.41) is 0. The Balaban J connectivity index is 0.00000417. The average Bonchev–Trinajstić information content (AvgIpc) is 3.17. The Labute approximate surface area is 303 Å². The van der Waals surface area contributed by atoms with Gasteiger partial charge in [-0.05, 0) is 77.7 Å². The van der Waals surface area contributed by atoms with Gasteiger partial charge in [-0.1, -0.05) is 54.6 Å². The summed E-state index contributed by atoms with van der Waals surface area (Å²) in [4.78, 5) is 9.49. The molecule has 3 nitrogen and oxygen atoms in total. The smallest absolute Gasteiger partial charge is 0.150 e. The summed E-state index contributed by atoms with van der Waals surface area (Å²) in [6, 6.07) is 53.9. The molecular weight excluding hydrogens is 775 g/mol. The van der Waals surface area contributed by atoms with Gasteiger partial charge in [-0.3, -0.25) is 0 Å². The molecule has 7 rings (SSSR count). The van der Waals surface area contributed by atoms with Gasteiger partial charge >= 0.3 is 0 Å². The minimum atomic E-state index is 0. The van der Waals surface area contributed by atoms with Crippen LogP contribution in [0.5, 0.6) is 0 Å². The average molecular weight is 811 g/mol. The fourth-order valence-electron chi connectivity index (χ4n) is 6.03. The van der Waals surface area contributed by atoms with Gasteiger partial charge in [0.1, 0.15) is 6.20 Å². The molecule has 243 valence electrons. The number of aryl methyl sites for hydroxylation is 6. The fourth-order valence-corrected chi connectivity index (χ4v) is 6.03. The molecule has 0 spiro atoms. The Bertz CT molecular complexity index is 2040. The molecule has 0 N–H and O–H groups in total. The van der Waals surface area contributed by atoms with Crippen LogP contribution in [0.3, 0.4) is 0 Å². The van der Waals surface area contributed by atoms with Crippen LogP contribution in [-0.4, -0.2) is 9.97 Å². The van der Waals surface area contributed by atoms with Crippen molar-refractivity contribution in [1.82, 2.24) is 9.97 Å². The molecule has 0 unspecified atom stereocenters. The first kappa shape index (κ1) is 33.9. The largest absolute Gasteiger partial charge is 0.307 e. The van der Waals surface area contributed by atoms with Crippen molar-refractivity contribution in [2.24, 2.45) is 0 Å². The fraction of sp³-hybridized carbons (Fsp3) is 0.133. The van der Waals surface area contributed by atoms with Gasteiger partial charge in [0, 0.05) is 38.2 Å². The van der Waals surface area contributed by atoms with E-state index in [4.69, 9.17) is 9.97 Å². The quantitative estimate of drug-likeness (QED) is 0.0915. The van der Waals surface area contributed by atoms with Crippen molar-refractivity contribution in [1.29, 1.82) is 0 Å². The Kier molecular flexibility index (Phi) is 11.7. The van der Waals surface area contributed by atoms with E-state index < -0.39 is 0 Å². The number of aromatic nitrogens is 3. The monoisotopic (exact) mass is 811 g/mol. The normalized spacial score (nSPS) is 10.8. The van der Waals surface area contributed by atoms with Crippen LogP contribution in [0.25, 0.3) is 28.2 Å². The molecule has 3 aromatic heterocycles. The first-order chi connectivity index (χ1) is 23.8. The molecule has 1 radical (unpaired) electrons. The zero-order valence-corrected chi connectivity index (χ0v) is 29.7. The van der Waals surface area contributed by atoms with Crippen molar-refractivity contribution < 1.29 is 24.7 Å². The van der Waals surface area contributed by atoms with E-state index in [1.54, 1.807) is 0 Å². The van der Waals surface area contributed by atoms with Crippen LogP contribution in [0.4, 0.5) is 0 Å². The second-order valence-electron chi connectivity index (χ2n) is 12.0. The molecule has 3 heterocycles. The molecule has 7 aromatic rings. The van der Waals surface area contributed by atoms with E-state index >= 15 is 0 Å². The van der Waals surface area contributed by atoms with Crippen LogP contribution in [0.1, 0.15) is 33.4 Å². The van der Waals surface area contributed by atoms with Crippen molar-refractivity contribution in [3.8, 4) is 28.2 Å². The maximum Gasteiger partial charge on any atom is 0.150 e. The van der Waals surface area contributed by atoms with E-state index in [9.17, 15) is 0 Å². The van der Waals surface area contributed by atoms with Crippen molar-refractivity contribution in [2.75, 3.05) is 0 Å². The molecule has 49 heavy (non-hydrogen) atoms. The first-order valence-electron chi connectivity index (χ1n) is 16.6. The van der Waals surface area contributed by atoms with Crippen LogP contribution in [-0.2, 0) is 58.6 Å². The molecule has 0 atom stereocenters. The molecule has 0 bridgehead atoms. The molecule has 0 amide bonds. The minimum Gasteiger partial charge on any atom is -0.307 e. The van der Waals surface area contributed by atoms with Gasteiger partial charge in [0.2, 0.25) is 0 Å². The van der Waals surface area contributed by atoms with Gasteiger partial charge in [-0.15, -0.1) is 83.9 Å². The maximum atomic E-state index is 4.75. The molecule has 0 saturated heterocycles. The molecule has 0 aliphatic carbocycles. The molecule has 0 aliphatic heterocycles. The van der Waals surface area contributed by atoms with Gasteiger partial charge in [-0.2, -0.15) is 23.8 Å². The van der Waals surface area contributed by atoms with Crippen LogP contribution >= 0.6 is 0 Å². The van der Waals surface area contributed by atoms with Crippen LogP contribution in [0.15, 0.2) is 146 Å². The summed E-state index contributed by atoms with van der Waals surface area (Å²) in [7, 11) is 0. The van der Waals surface area contributed by atoms with Crippen molar-refractivity contribution in [2.45, 2.75) is 38.5 Å². The summed E-state index contributed by atoms with van der Waals surface area (Å²) in [6.07, 6.45) is 15.0. The zero-order valence-electron chi connectivity index (χ0n) is 27.3. The van der Waals surface area contributed by atoms with Crippen LogP contribution in [0.2, 0.25) is 0 Å². The number of hydrogen-bond acceptors (Lipinski definition) is 2. The van der Waals surface area contributed by atoms with E-state index in [0.29, 0.717) is 0 Å². The third-order valence-electron chi connectivity index (χ3n) is 8.72. The SMILES string of the molecule is [Ir].[c-]1ccccc1-c1ccc(CCc2ccc(CCc3cc[c-]c(-[n+]4[c-]cccc4)c3)cc2CCc2ccc(-c3[c-]cccc3)nc2)cn1. The molecular formula is C45H36IrN3-3. The van der Waals surface area contributed by atoms with Crippen molar-refractivity contribution in [3.05, 3.63) is 204 Å². The summed E-state index contributed by atoms with van der Waals surface area (Å²) in [5.41, 5.74) is 12.9. The third kappa shape index (κ3) is 9.12. The van der Waals surface area contributed by atoms with E-state index in [-0.39, 0.29) is 20.1 Å². The standard InChI is InChI=1S/C45H36N3.Ir/c1-4-12-40(13-5-1)44-27-22-37(33-46-44)20-25-39-24-19-36(18-17-35-11-10-16-43(32-35)48-29-8-3-9-30-48)31-42(39)26-21-38-23-28-45(47-34-38)41-14-6-2-7-15-41;/h1-12,14,19,22-24,27-29,31-34H,17-18,20-21,25-26H2;/q-3;. The molecule has 4 aromatic carbocycles. The predicted octanol–water partition coefficient (Wildman–Crippen LogP) is 8.64. The minimum absolute atomic E-state index is 0. The zero-order chi connectivity index (χ0) is 32.4. The van der Waals surface area contributed by atoms with Crippen LogP contribution in [0, 0.1) is 24.4 Å². The summed E-state index contributed by atoms with van der Waals surface area (Å²) in [5.74, 6) is 0. The Morgan fingerprint density at radius 1 is 0.469 bits per heavy atom. The molecule has 0 saturated carbocycles. The van der Waals surface area contributed by atoms with Gasteiger partial charge < -0.3 is 14.5 Å². The Morgan fingerprint density at radius 3 is 1.63 bits per heavy atom. The number of benzene rings is 4. The first-order valence-corrected chi connectivity index (χ1v) is 16.6. The van der Waals surface area contributed by atoms with Gasteiger partial charge in [0.05, 0.1) is 6.20 Å². The molecule has 0 aliphatic rings. The van der Waals surface area contributed by atoms with Gasteiger partial charge in [0.25, 0.3) is 0 Å². The van der Waals surface area contributed by atoms with E-state index in [1.165, 1.54) is 33.4 Å². The van der Waals surface area contributed by atoms with Crippen molar-refractivity contribution in [3.63, 3.8) is 0 Å². The number of hydrogen-bond donors (Lipinski definition) is 0.